The number of nitrogens with zero attached hydrogens (tertiary/aromatic N) is 3. The van der Waals surface area contributed by atoms with Crippen molar-refractivity contribution in [3.05, 3.63) is 65.4 Å². The number of likely N-dealkylation sites (N-methyl/N-ethyl adjacent to an activating group) is 1. The van der Waals surface area contributed by atoms with Gasteiger partial charge in [0.05, 0.1) is 23.6 Å². The van der Waals surface area contributed by atoms with Gasteiger partial charge in [-0.05, 0) is 67.2 Å². The molecule has 6 rings (SSSR count). The Morgan fingerprint density at radius 1 is 1.06 bits per heavy atom. The molecule has 2 saturated carbocycles. The first-order valence-electron chi connectivity index (χ1n) is 11.6. The van der Waals surface area contributed by atoms with E-state index in [9.17, 15) is 4.79 Å². The van der Waals surface area contributed by atoms with Crippen molar-refractivity contribution >= 4 is 16.8 Å². The predicted octanol–water partition coefficient (Wildman–Crippen LogP) is 4.34. The molecule has 2 aromatic carbocycles. The second-order valence-electron chi connectivity index (χ2n) is 10.0. The largest absolute Gasteiger partial charge is 0.332 e. The quantitative estimate of drug-likeness (QED) is 0.676. The number of hydrogen-bond acceptors (Lipinski definition) is 3. The van der Waals surface area contributed by atoms with Crippen molar-refractivity contribution in [2.24, 2.45) is 5.92 Å². The summed E-state index contributed by atoms with van der Waals surface area (Å²) < 4.78 is 2.09. The Bertz CT molecular complexity index is 1140. The van der Waals surface area contributed by atoms with E-state index in [1.165, 1.54) is 31.2 Å². The first-order chi connectivity index (χ1) is 15.0. The van der Waals surface area contributed by atoms with E-state index in [0.717, 1.165) is 40.4 Å². The summed E-state index contributed by atoms with van der Waals surface area (Å²) in [6, 6.07) is 15.3. The van der Waals surface area contributed by atoms with Crippen LogP contribution in [0.3, 0.4) is 0 Å². The van der Waals surface area contributed by atoms with Crippen molar-refractivity contribution in [2.45, 2.75) is 56.5 Å². The molecule has 1 N–H and O–H groups in total. The smallest absolute Gasteiger partial charge is 0.233 e. The lowest BCUT2D eigenvalue weighted by molar-refractivity contribution is -0.138. The van der Waals surface area contributed by atoms with Crippen LogP contribution in [-0.2, 0) is 16.9 Å². The van der Waals surface area contributed by atoms with Gasteiger partial charge in [-0.2, -0.15) is 5.10 Å². The minimum Gasteiger partial charge on any atom is -0.332 e. The maximum Gasteiger partial charge on any atom is 0.233 e. The van der Waals surface area contributed by atoms with Crippen molar-refractivity contribution < 1.29 is 4.79 Å². The number of carbonyl (C=O) groups excluding carboxylic acids is 1. The highest BCUT2D eigenvalue weighted by Crippen LogP contribution is 2.43. The molecule has 3 fully saturated rings. The molecular formula is C26H30N4O. The summed E-state index contributed by atoms with van der Waals surface area (Å²) in [6.07, 6.45) is 7.37. The third kappa shape index (κ3) is 3.35. The van der Waals surface area contributed by atoms with E-state index in [4.69, 9.17) is 5.10 Å². The molecule has 5 heteroatoms. The van der Waals surface area contributed by atoms with Crippen LogP contribution in [0.2, 0.25) is 0 Å². The zero-order valence-corrected chi connectivity index (χ0v) is 18.3. The van der Waals surface area contributed by atoms with Crippen LogP contribution in [0.15, 0.2) is 48.7 Å². The molecule has 0 bridgehead atoms. The molecule has 0 unspecified atom stereocenters. The zero-order valence-electron chi connectivity index (χ0n) is 18.3. The van der Waals surface area contributed by atoms with Crippen LogP contribution in [0.5, 0.6) is 0 Å². The molecule has 0 radical (unpaired) electrons. The van der Waals surface area contributed by atoms with Gasteiger partial charge >= 0.3 is 0 Å². The van der Waals surface area contributed by atoms with Crippen LogP contribution >= 0.6 is 0 Å². The number of rotatable bonds is 5. The Labute approximate surface area is 183 Å². The van der Waals surface area contributed by atoms with E-state index in [1.807, 2.05) is 7.05 Å². The fourth-order valence-corrected chi connectivity index (χ4v) is 5.10. The Morgan fingerprint density at radius 2 is 1.81 bits per heavy atom. The average Bonchev–Trinajstić information content (AvgIpc) is 3.69. The Morgan fingerprint density at radius 3 is 2.52 bits per heavy atom. The SMILES string of the molecule is CN1CN[C@](C)(c2ccc3cn(CC4CC4)nc3c2)[C@H](c2ccc(C3CC3)cc2)C1=O. The Hall–Kier alpha value is -2.66. The molecule has 5 nitrogen and oxygen atoms in total. The molecule has 1 aliphatic heterocycles. The summed E-state index contributed by atoms with van der Waals surface area (Å²) in [6.45, 7) is 3.72. The number of aromatic nitrogens is 2. The maximum atomic E-state index is 13.4. The summed E-state index contributed by atoms with van der Waals surface area (Å²) in [5, 5.41) is 9.68. The standard InChI is InChI=1S/C26H30N4O/c1-26(22-12-11-21-15-30(14-17-3-4-17)28-23(21)13-22)24(25(31)29(2)16-27-26)20-9-7-19(8-10-20)18-5-6-18/h7-13,15,17-18,24,27H,3-6,14,16H2,1-2H3/t24-,26-/m1/s1. The second-order valence-corrected chi connectivity index (χ2v) is 10.0. The number of nitrogens with one attached hydrogen (secondary N) is 1. The molecule has 160 valence electrons. The lowest BCUT2D eigenvalue weighted by atomic mass is 9.73. The fourth-order valence-electron chi connectivity index (χ4n) is 5.10. The molecule has 1 amide bonds. The molecule has 2 atom stereocenters. The van der Waals surface area contributed by atoms with Gasteiger partial charge < -0.3 is 4.90 Å². The van der Waals surface area contributed by atoms with Crippen molar-refractivity contribution in [3.63, 3.8) is 0 Å². The summed E-state index contributed by atoms with van der Waals surface area (Å²) in [5.41, 5.74) is 4.12. The minimum absolute atomic E-state index is 0.166. The van der Waals surface area contributed by atoms with Crippen LogP contribution in [-0.4, -0.2) is 34.3 Å². The highest BCUT2D eigenvalue weighted by molar-refractivity contribution is 5.87. The first-order valence-corrected chi connectivity index (χ1v) is 11.6. The van der Waals surface area contributed by atoms with Crippen molar-refractivity contribution in [1.82, 2.24) is 20.0 Å². The molecule has 31 heavy (non-hydrogen) atoms. The lowest BCUT2D eigenvalue weighted by Crippen LogP contribution is -2.59. The van der Waals surface area contributed by atoms with Crippen molar-refractivity contribution in [3.8, 4) is 0 Å². The normalized spacial score (nSPS) is 26.6. The highest BCUT2D eigenvalue weighted by Gasteiger charge is 2.46. The number of hydrogen-bond donors (Lipinski definition) is 1. The third-order valence-corrected chi connectivity index (χ3v) is 7.50. The Kier molecular flexibility index (Phi) is 4.26. The molecule has 2 aliphatic carbocycles. The van der Waals surface area contributed by atoms with Gasteiger partial charge in [-0.1, -0.05) is 36.4 Å². The number of fused-ring (bicyclic) bond motifs is 1. The predicted molar refractivity (Wildman–Crippen MR) is 122 cm³/mol. The van der Waals surface area contributed by atoms with E-state index >= 15 is 0 Å². The van der Waals surface area contributed by atoms with Gasteiger partial charge in [0.1, 0.15) is 0 Å². The van der Waals surface area contributed by atoms with Crippen molar-refractivity contribution in [1.29, 1.82) is 0 Å². The summed E-state index contributed by atoms with van der Waals surface area (Å²) in [5.74, 6) is 1.41. The van der Waals surface area contributed by atoms with E-state index in [0.29, 0.717) is 6.67 Å². The number of carbonyl (C=O) groups is 1. The van der Waals surface area contributed by atoms with Crippen LogP contribution < -0.4 is 5.32 Å². The van der Waals surface area contributed by atoms with Gasteiger partial charge in [-0.25, -0.2) is 0 Å². The summed E-state index contributed by atoms with van der Waals surface area (Å²) in [4.78, 5) is 15.2. The van der Waals surface area contributed by atoms with Crippen molar-refractivity contribution in [2.75, 3.05) is 13.7 Å². The molecule has 3 aliphatic rings. The third-order valence-electron chi connectivity index (χ3n) is 7.50. The van der Waals surface area contributed by atoms with Gasteiger partial charge in [0.2, 0.25) is 5.91 Å². The van der Waals surface area contributed by atoms with Crippen LogP contribution in [0, 0.1) is 5.92 Å². The number of amides is 1. The van der Waals surface area contributed by atoms with Crippen LogP contribution in [0.25, 0.3) is 10.9 Å². The second kappa shape index (κ2) is 6.92. The molecule has 3 aromatic rings. The lowest BCUT2D eigenvalue weighted by Gasteiger charge is -2.45. The molecule has 1 saturated heterocycles. The maximum absolute atomic E-state index is 13.4. The average molecular weight is 415 g/mol. The Balaban J connectivity index is 1.38. The van der Waals surface area contributed by atoms with E-state index in [1.54, 1.807) is 4.90 Å². The van der Waals surface area contributed by atoms with Gasteiger partial charge in [-0.3, -0.25) is 14.8 Å². The van der Waals surface area contributed by atoms with Crippen LogP contribution in [0.1, 0.15) is 61.1 Å². The minimum atomic E-state index is -0.487. The first kappa shape index (κ1) is 19.1. The monoisotopic (exact) mass is 414 g/mol. The fraction of sp³-hybridized carbons (Fsp3) is 0.462. The van der Waals surface area contributed by atoms with E-state index < -0.39 is 5.54 Å². The zero-order chi connectivity index (χ0) is 21.2. The molecular weight excluding hydrogens is 384 g/mol. The summed E-state index contributed by atoms with van der Waals surface area (Å²) >= 11 is 0. The topological polar surface area (TPSA) is 50.2 Å². The van der Waals surface area contributed by atoms with Gasteiger partial charge in [0.25, 0.3) is 0 Å². The van der Waals surface area contributed by atoms with E-state index in [-0.39, 0.29) is 11.8 Å². The molecule has 0 spiro atoms. The molecule has 2 heterocycles. The van der Waals surface area contributed by atoms with Crippen LogP contribution in [0.4, 0.5) is 0 Å². The van der Waals surface area contributed by atoms with Gasteiger partial charge in [0, 0.05) is 25.2 Å². The highest BCUT2D eigenvalue weighted by atomic mass is 16.2. The van der Waals surface area contributed by atoms with Gasteiger partial charge in [0.15, 0.2) is 0 Å². The molecule has 1 aromatic heterocycles. The number of benzene rings is 2. The van der Waals surface area contributed by atoms with E-state index in [2.05, 4.69) is 65.6 Å². The van der Waals surface area contributed by atoms with Gasteiger partial charge in [-0.15, -0.1) is 0 Å². The summed E-state index contributed by atoms with van der Waals surface area (Å²) in [7, 11) is 1.88.